The average molecular weight is 382 g/mol. The first-order chi connectivity index (χ1) is 13.7. The number of aryl methyl sites for hydroxylation is 1. The molecule has 1 saturated heterocycles. The van der Waals surface area contributed by atoms with Crippen LogP contribution in [0, 0.1) is 6.92 Å². The number of halogens is 1. The van der Waals surface area contributed by atoms with Gasteiger partial charge < -0.3 is 15.4 Å². The van der Waals surface area contributed by atoms with Gasteiger partial charge >= 0.3 is 0 Å². The fraction of sp³-hybridized carbons (Fsp3) is 0.350. The van der Waals surface area contributed by atoms with E-state index in [2.05, 4.69) is 30.8 Å². The van der Waals surface area contributed by atoms with Gasteiger partial charge in [-0.25, -0.2) is 14.4 Å². The van der Waals surface area contributed by atoms with E-state index >= 15 is 0 Å². The van der Waals surface area contributed by atoms with Crippen LogP contribution in [-0.2, 0) is 11.4 Å². The maximum atomic E-state index is 13.1. The minimum absolute atomic E-state index is 0.300. The standard InChI is InChI=1S/C20H23FN6O/c1-13-9-19(27-26-13)23-18-11-17(22-16-5-7-28-8-6-16)24-20(25-18)15-4-2-3-14(10-15)12-21/h2-4,9-11,16H,5-8,12H2,1H3,(H3,22,23,24,25,26,27). The highest BCUT2D eigenvalue weighted by atomic mass is 19.1. The molecule has 3 aromatic rings. The molecule has 8 heteroatoms. The molecule has 1 fully saturated rings. The number of benzene rings is 1. The molecular weight excluding hydrogens is 359 g/mol. The van der Waals surface area contributed by atoms with Crippen molar-refractivity contribution < 1.29 is 9.13 Å². The molecule has 0 atom stereocenters. The number of alkyl halides is 1. The van der Waals surface area contributed by atoms with Crippen LogP contribution in [0.5, 0.6) is 0 Å². The van der Waals surface area contributed by atoms with Gasteiger partial charge in [-0.15, -0.1) is 0 Å². The Kier molecular flexibility index (Phi) is 5.48. The Morgan fingerprint density at radius 1 is 1.11 bits per heavy atom. The highest BCUT2D eigenvalue weighted by Gasteiger charge is 2.16. The normalized spacial score (nSPS) is 14.8. The second-order valence-corrected chi connectivity index (χ2v) is 6.89. The SMILES string of the molecule is Cc1cc(Nc2cc(NC3CCOCC3)nc(-c3cccc(CF)c3)n2)n[nH]1. The predicted octanol–water partition coefficient (Wildman–Crippen LogP) is 3.98. The summed E-state index contributed by atoms with van der Waals surface area (Å²) in [7, 11) is 0. The molecule has 3 heterocycles. The molecule has 1 aromatic carbocycles. The summed E-state index contributed by atoms with van der Waals surface area (Å²) in [5.41, 5.74) is 2.32. The smallest absolute Gasteiger partial charge is 0.163 e. The van der Waals surface area contributed by atoms with Gasteiger partial charge in [0.2, 0.25) is 0 Å². The van der Waals surface area contributed by atoms with Crippen LogP contribution in [0.15, 0.2) is 36.4 Å². The van der Waals surface area contributed by atoms with Gasteiger partial charge in [0.25, 0.3) is 0 Å². The first-order valence-corrected chi connectivity index (χ1v) is 9.37. The van der Waals surface area contributed by atoms with Crippen molar-refractivity contribution >= 4 is 17.5 Å². The highest BCUT2D eigenvalue weighted by Crippen LogP contribution is 2.24. The Morgan fingerprint density at radius 3 is 2.68 bits per heavy atom. The monoisotopic (exact) mass is 382 g/mol. The molecule has 0 saturated carbocycles. The third-order valence-corrected chi connectivity index (χ3v) is 4.60. The molecule has 0 unspecified atom stereocenters. The van der Waals surface area contributed by atoms with Gasteiger partial charge in [0.05, 0.1) is 0 Å². The average Bonchev–Trinajstić information content (AvgIpc) is 3.13. The third-order valence-electron chi connectivity index (χ3n) is 4.60. The van der Waals surface area contributed by atoms with Crippen molar-refractivity contribution in [2.45, 2.75) is 32.5 Å². The molecule has 146 valence electrons. The second-order valence-electron chi connectivity index (χ2n) is 6.89. The van der Waals surface area contributed by atoms with Crippen molar-refractivity contribution in [2.75, 3.05) is 23.8 Å². The van der Waals surface area contributed by atoms with E-state index in [1.807, 2.05) is 31.2 Å². The number of nitrogens with zero attached hydrogens (tertiary/aromatic N) is 3. The number of ether oxygens (including phenoxy) is 1. The van der Waals surface area contributed by atoms with Crippen molar-refractivity contribution in [1.29, 1.82) is 0 Å². The fourth-order valence-corrected chi connectivity index (χ4v) is 3.17. The molecule has 3 N–H and O–H groups in total. The van der Waals surface area contributed by atoms with Crippen molar-refractivity contribution in [2.24, 2.45) is 0 Å². The van der Waals surface area contributed by atoms with Crippen molar-refractivity contribution in [3.63, 3.8) is 0 Å². The lowest BCUT2D eigenvalue weighted by molar-refractivity contribution is 0.0904. The third kappa shape index (κ3) is 4.45. The van der Waals surface area contributed by atoms with Crippen molar-refractivity contribution in [1.82, 2.24) is 20.2 Å². The summed E-state index contributed by atoms with van der Waals surface area (Å²) < 4.78 is 18.5. The van der Waals surface area contributed by atoms with E-state index in [4.69, 9.17) is 4.74 Å². The van der Waals surface area contributed by atoms with Gasteiger partial charge in [-0.1, -0.05) is 18.2 Å². The zero-order valence-corrected chi connectivity index (χ0v) is 15.7. The molecule has 28 heavy (non-hydrogen) atoms. The van der Waals surface area contributed by atoms with Gasteiger partial charge in [-0.2, -0.15) is 5.10 Å². The molecule has 0 spiro atoms. The largest absolute Gasteiger partial charge is 0.381 e. The summed E-state index contributed by atoms with van der Waals surface area (Å²) in [6, 6.07) is 11.3. The lowest BCUT2D eigenvalue weighted by Gasteiger charge is -2.24. The van der Waals surface area contributed by atoms with Crippen molar-refractivity contribution in [3.05, 3.63) is 47.7 Å². The minimum Gasteiger partial charge on any atom is -0.381 e. The van der Waals surface area contributed by atoms with Gasteiger partial charge in [-0.05, 0) is 31.4 Å². The van der Waals surface area contributed by atoms with Crippen LogP contribution in [0.3, 0.4) is 0 Å². The minimum atomic E-state index is -0.522. The van der Waals surface area contributed by atoms with Gasteiger partial charge in [0.15, 0.2) is 11.6 Å². The van der Waals surface area contributed by atoms with E-state index in [1.54, 1.807) is 12.1 Å². The summed E-state index contributed by atoms with van der Waals surface area (Å²) in [6.45, 7) is 2.90. The number of H-pyrrole nitrogens is 1. The molecule has 1 aliphatic rings. The van der Waals surface area contributed by atoms with Gasteiger partial charge in [-0.3, -0.25) is 5.10 Å². The van der Waals surface area contributed by atoms with Crippen LogP contribution in [0.4, 0.5) is 21.8 Å². The molecule has 0 amide bonds. The van der Waals surface area contributed by atoms with Crippen LogP contribution in [0.25, 0.3) is 11.4 Å². The molecule has 0 radical (unpaired) electrons. The number of rotatable bonds is 6. The summed E-state index contributed by atoms with van der Waals surface area (Å²) >= 11 is 0. The highest BCUT2D eigenvalue weighted by molar-refractivity contribution is 5.64. The predicted molar refractivity (Wildman–Crippen MR) is 106 cm³/mol. The quantitative estimate of drug-likeness (QED) is 0.598. The number of aromatic amines is 1. The fourth-order valence-electron chi connectivity index (χ4n) is 3.17. The first kappa shape index (κ1) is 18.4. The van der Waals surface area contributed by atoms with Crippen LogP contribution in [0.1, 0.15) is 24.1 Å². The van der Waals surface area contributed by atoms with E-state index in [9.17, 15) is 4.39 Å². The molecule has 4 rings (SSSR count). The Bertz CT molecular complexity index is 938. The molecular formula is C20H23FN6O. The first-order valence-electron chi connectivity index (χ1n) is 9.37. The lowest BCUT2D eigenvalue weighted by atomic mass is 10.1. The second kappa shape index (κ2) is 8.35. The molecule has 1 aliphatic heterocycles. The summed E-state index contributed by atoms with van der Waals surface area (Å²) in [6.07, 6.45) is 1.86. The zero-order valence-electron chi connectivity index (χ0n) is 15.7. The van der Waals surface area contributed by atoms with Gasteiger partial charge in [0, 0.05) is 42.6 Å². The van der Waals surface area contributed by atoms with E-state index in [-0.39, 0.29) is 0 Å². The van der Waals surface area contributed by atoms with E-state index < -0.39 is 6.67 Å². The Balaban J connectivity index is 1.66. The van der Waals surface area contributed by atoms with Crippen LogP contribution < -0.4 is 10.6 Å². The van der Waals surface area contributed by atoms with Gasteiger partial charge in [0.1, 0.15) is 18.3 Å². The number of hydrogen-bond donors (Lipinski definition) is 3. The zero-order chi connectivity index (χ0) is 19.3. The van der Waals surface area contributed by atoms with Crippen LogP contribution in [-0.4, -0.2) is 39.4 Å². The Labute approximate surface area is 162 Å². The summed E-state index contributed by atoms with van der Waals surface area (Å²) in [4.78, 5) is 9.28. The molecule has 0 aliphatic carbocycles. The Morgan fingerprint density at radius 2 is 1.93 bits per heavy atom. The maximum absolute atomic E-state index is 13.1. The lowest BCUT2D eigenvalue weighted by Crippen LogP contribution is -2.28. The molecule has 0 bridgehead atoms. The summed E-state index contributed by atoms with van der Waals surface area (Å²) in [5, 5.41) is 13.8. The van der Waals surface area contributed by atoms with Crippen LogP contribution >= 0.6 is 0 Å². The van der Waals surface area contributed by atoms with E-state index in [1.165, 1.54) is 0 Å². The molecule has 7 nitrogen and oxygen atoms in total. The Hall–Kier alpha value is -3.00. The maximum Gasteiger partial charge on any atom is 0.163 e. The topological polar surface area (TPSA) is 87.8 Å². The number of hydrogen-bond acceptors (Lipinski definition) is 6. The number of anilines is 3. The van der Waals surface area contributed by atoms with E-state index in [0.29, 0.717) is 29.1 Å². The van der Waals surface area contributed by atoms with E-state index in [0.717, 1.165) is 43.1 Å². The number of nitrogens with one attached hydrogen (secondary N) is 3. The summed E-state index contributed by atoms with van der Waals surface area (Å²) in [5.74, 6) is 2.55. The number of aromatic nitrogens is 4. The van der Waals surface area contributed by atoms with Crippen molar-refractivity contribution in [3.8, 4) is 11.4 Å². The molecule has 2 aromatic heterocycles. The van der Waals surface area contributed by atoms with Crippen LogP contribution in [0.2, 0.25) is 0 Å².